The van der Waals surface area contributed by atoms with E-state index in [0.717, 1.165) is 22.3 Å². The van der Waals surface area contributed by atoms with Crippen LogP contribution in [-0.2, 0) is 10.8 Å². The third-order valence-electron chi connectivity index (χ3n) is 4.47. The molecule has 0 unspecified atom stereocenters. The number of benzene rings is 2. The van der Waals surface area contributed by atoms with Crippen molar-refractivity contribution in [3.05, 3.63) is 52.6 Å². The summed E-state index contributed by atoms with van der Waals surface area (Å²) in [7, 11) is 0. The number of phenolic OH excluding ortho intramolecular Hbond substituents is 1. The zero-order chi connectivity index (χ0) is 19.2. The van der Waals surface area contributed by atoms with Crippen LogP contribution >= 0.6 is 0 Å². The molecule has 2 rings (SSSR count). The maximum absolute atomic E-state index is 12.1. The lowest BCUT2D eigenvalue weighted by atomic mass is 9.71. The molecule has 134 valence electrons. The highest BCUT2D eigenvalue weighted by atomic mass is 16.4. The summed E-state index contributed by atoms with van der Waals surface area (Å²) in [5, 5.41) is 20.4. The van der Waals surface area contributed by atoms with Gasteiger partial charge < -0.3 is 10.2 Å². The number of aromatic carboxylic acids is 1. The first kappa shape index (κ1) is 19.0. The fourth-order valence-corrected chi connectivity index (χ4v) is 3.40. The van der Waals surface area contributed by atoms with Gasteiger partial charge in [0.2, 0.25) is 0 Å². The van der Waals surface area contributed by atoms with Gasteiger partial charge in [-0.1, -0.05) is 65.8 Å². The number of carboxylic acid groups (broad SMARTS) is 1. The molecule has 0 aliphatic heterocycles. The monoisotopic (exact) mass is 340 g/mol. The Hall–Kier alpha value is -2.29. The highest BCUT2D eigenvalue weighted by Crippen LogP contribution is 2.45. The predicted molar refractivity (Wildman–Crippen MR) is 103 cm³/mol. The van der Waals surface area contributed by atoms with Gasteiger partial charge in [0.15, 0.2) is 0 Å². The Morgan fingerprint density at radius 2 is 1.52 bits per heavy atom. The SMILES string of the molecule is Cc1cc(C(C)(C)C)c(-c2ccccc2O)c(C(C)(C)C)c1C(=O)O. The zero-order valence-corrected chi connectivity index (χ0v) is 16.2. The smallest absolute Gasteiger partial charge is 0.336 e. The molecule has 2 N–H and O–H groups in total. The molecular formula is C22H28O3. The maximum Gasteiger partial charge on any atom is 0.336 e. The van der Waals surface area contributed by atoms with Crippen LogP contribution in [-0.4, -0.2) is 16.2 Å². The average molecular weight is 340 g/mol. The number of hydrogen-bond donors (Lipinski definition) is 2. The molecule has 25 heavy (non-hydrogen) atoms. The minimum Gasteiger partial charge on any atom is -0.507 e. The molecule has 0 radical (unpaired) electrons. The van der Waals surface area contributed by atoms with Crippen LogP contribution in [0.2, 0.25) is 0 Å². The summed E-state index contributed by atoms with van der Waals surface area (Å²) in [6.07, 6.45) is 0. The van der Waals surface area contributed by atoms with Crippen molar-refractivity contribution in [1.82, 2.24) is 0 Å². The lowest BCUT2D eigenvalue weighted by Crippen LogP contribution is -2.24. The number of aromatic hydroxyl groups is 1. The molecule has 3 nitrogen and oxygen atoms in total. The van der Waals surface area contributed by atoms with Gasteiger partial charge in [0.25, 0.3) is 0 Å². The topological polar surface area (TPSA) is 57.5 Å². The summed E-state index contributed by atoms with van der Waals surface area (Å²) in [5.74, 6) is -0.766. The number of hydrogen-bond acceptors (Lipinski definition) is 2. The van der Waals surface area contributed by atoms with Gasteiger partial charge in [0, 0.05) is 5.56 Å². The summed E-state index contributed by atoms with van der Waals surface area (Å²) >= 11 is 0. The van der Waals surface area contributed by atoms with E-state index >= 15 is 0 Å². The number of phenols is 1. The Morgan fingerprint density at radius 3 is 1.96 bits per heavy atom. The Balaban J connectivity index is 3.13. The second-order valence-electron chi connectivity index (χ2n) is 8.69. The van der Waals surface area contributed by atoms with Gasteiger partial charge in [0.05, 0.1) is 5.56 Å². The summed E-state index contributed by atoms with van der Waals surface area (Å²) < 4.78 is 0. The van der Waals surface area contributed by atoms with Gasteiger partial charge in [-0.3, -0.25) is 0 Å². The van der Waals surface area contributed by atoms with E-state index < -0.39 is 11.4 Å². The van der Waals surface area contributed by atoms with Crippen LogP contribution in [0.5, 0.6) is 5.75 Å². The van der Waals surface area contributed by atoms with Crippen molar-refractivity contribution in [2.75, 3.05) is 0 Å². The standard InChI is InChI=1S/C22H28O3/c1-13-12-15(21(2,3)4)18(14-10-8-9-11-16(14)23)19(22(5,6)7)17(13)20(24)25/h8-12,23H,1-7H3,(H,24,25). The maximum atomic E-state index is 12.1. The Kier molecular flexibility index (Phi) is 4.73. The van der Waals surface area contributed by atoms with Crippen molar-refractivity contribution in [3.8, 4) is 16.9 Å². The molecule has 0 heterocycles. The van der Waals surface area contributed by atoms with Crippen LogP contribution in [0.15, 0.2) is 30.3 Å². The summed E-state index contributed by atoms with van der Waals surface area (Å²) in [4.78, 5) is 12.1. The number of carboxylic acids is 1. The van der Waals surface area contributed by atoms with Gasteiger partial charge in [-0.05, 0) is 46.1 Å². The first-order valence-corrected chi connectivity index (χ1v) is 8.56. The lowest BCUT2D eigenvalue weighted by Gasteiger charge is -2.33. The zero-order valence-electron chi connectivity index (χ0n) is 16.2. The molecule has 2 aromatic carbocycles. The molecule has 0 fully saturated rings. The van der Waals surface area contributed by atoms with Crippen molar-refractivity contribution in [2.24, 2.45) is 0 Å². The van der Waals surface area contributed by atoms with Crippen LogP contribution in [0.3, 0.4) is 0 Å². The Morgan fingerprint density at radius 1 is 0.960 bits per heavy atom. The van der Waals surface area contributed by atoms with Crippen LogP contribution in [0.1, 0.15) is 68.6 Å². The van der Waals surface area contributed by atoms with Gasteiger partial charge in [-0.2, -0.15) is 0 Å². The van der Waals surface area contributed by atoms with Crippen LogP contribution in [0.4, 0.5) is 0 Å². The van der Waals surface area contributed by atoms with E-state index in [1.165, 1.54) is 0 Å². The molecule has 0 saturated carbocycles. The van der Waals surface area contributed by atoms with E-state index in [1.807, 2.05) is 45.9 Å². The molecule has 0 saturated heterocycles. The summed E-state index contributed by atoms with van der Waals surface area (Å²) in [5.41, 5.74) is 3.82. The van der Waals surface area contributed by atoms with E-state index in [0.29, 0.717) is 11.1 Å². The van der Waals surface area contributed by atoms with Crippen LogP contribution in [0, 0.1) is 6.92 Å². The molecule has 0 aliphatic carbocycles. The number of carbonyl (C=O) groups is 1. The van der Waals surface area contributed by atoms with Gasteiger partial charge in [-0.15, -0.1) is 0 Å². The molecule has 2 aromatic rings. The molecule has 3 heteroatoms. The molecule has 0 spiro atoms. The van der Waals surface area contributed by atoms with Crippen LogP contribution < -0.4 is 0 Å². The number of aryl methyl sites for hydroxylation is 1. The second-order valence-corrected chi connectivity index (χ2v) is 8.69. The van der Waals surface area contributed by atoms with E-state index in [1.54, 1.807) is 12.1 Å². The third kappa shape index (κ3) is 3.55. The quantitative estimate of drug-likeness (QED) is 0.741. The fourth-order valence-electron chi connectivity index (χ4n) is 3.40. The van der Waals surface area contributed by atoms with Crippen molar-refractivity contribution < 1.29 is 15.0 Å². The normalized spacial score (nSPS) is 12.3. The Bertz CT molecular complexity index is 818. The first-order chi connectivity index (χ1) is 11.4. The lowest BCUT2D eigenvalue weighted by molar-refractivity contribution is 0.0693. The van der Waals surface area contributed by atoms with Crippen molar-refractivity contribution in [1.29, 1.82) is 0 Å². The van der Waals surface area contributed by atoms with E-state index in [2.05, 4.69) is 20.8 Å². The predicted octanol–water partition coefficient (Wildman–Crippen LogP) is 5.66. The minimum atomic E-state index is -0.931. The molecular weight excluding hydrogens is 312 g/mol. The van der Waals surface area contributed by atoms with E-state index in [-0.39, 0.29) is 11.2 Å². The largest absolute Gasteiger partial charge is 0.507 e. The average Bonchev–Trinajstić information content (AvgIpc) is 2.44. The first-order valence-electron chi connectivity index (χ1n) is 8.56. The third-order valence-corrected chi connectivity index (χ3v) is 4.47. The van der Waals surface area contributed by atoms with Crippen molar-refractivity contribution in [3.63, 3.8) is 0 Å². The van der Waals surface area contributed by atoms with Gasteiger partial charge in [-0.25, -0.2) is 4.79 Å². The van der Waals surface area contributed by atoms with Crippen molar-refractivity contribution in [2.45, 2.75) is 59.3 Å². The van der Waals surface area contributed by atoms with Gasteiger partial charge in [0.1, 0.15) is 5.75 Å². The highest BCUT2D eigenvalue weighted by molar-refractivity contribution is 5.96. The molecule has 0 bridgehead atoms. The van der Waals surface area contributed by atoms with Gasteiger partial charge >= 0.3 is 5.97 Å². The molecule has 0 aromatic heterocycles. The summed E-state index contributed by atoms with van der Waals surface area (Å²) in [6.45, 7) is 14.2. The molecule has 0 amide bonds. The summed E-state index contributed by atoms with van der Waals surface area (Å²) in [6, 6.07) is 9.11. The Labute approximate surface area is 150 Å². The van der Waals surface area contributed by atoms with Crippen LogP contribution in [0.25, 0.3) is 11.1 Å². The molecule has 0 atom stereocenters. The minimum absolute atomic E-state index is 0.165. The highest BCUT2D eigenvalue weighted by Gasteiger charge is 2.33. The number of rotatable bonds is 2. The second kappa shape index (κ2) is 6.21. The number of para-hydroxylation sites is 1. The van der Waals surface area contributed by atoms with E-state index in [9.17, 15) is 15.0 Å². The fraction of sp³-hybridized carbons (Fsp3) is 0.409. The van der Waals surface area contributed by atoms with Crippen molar-refractivity contribution >= 4 is 5.97 Å². The molecule has 0 aliphatic rings. The van der Waals surface area contributed by atoms with E-state index in [4.69, 9.17) is 0 Å².